The summed E-state index contributed by atoms with van der Waals surface area (Å²) in [7, 11) is 9.87. The quantitative estimate of drug-likeness (QED) is 0.333. The third kappa shape index (κ3) is 5.06. The van der Waals surface area contributed by atoms with Crippen molar-refractivity contribution in [2.24, 2.45) is 0 Å². The van der Waals surface area contributed by atoms with Crippen LogP contribution in [-0.2, 0) is 33.7 Å². The summed E-state index contributed by atoms with van der Waals surface area (Å²) in [5, 5.41) is 2.81. The van der Waals surface area contributed by atoms with Gasteiger partial charge in [-0.25, -0.2) is 0 Å². The van der Waals surface area contributed by atoms with Crippen LogP contribution in [0.15, 0.2) is 48.5 Å². The summed E-state index contributed by atoms with van der Waals surface area (Å²) in [6, 6.07) is 18.4. The Labute approximate surface area is 176 Å². The summed E-state index contributed by atoms with van der Waals surface area (Å²) < 4.78 is 0. The predicted octanol–water partition coefficient (Wildman–Crippen LogP) is 8.24. The first-order valence-electron chi connectivity index (χ1n) is 9.34. The predicted molar refractivity (Wildman–Crippen MR) is 114 cm³/mol. The van der Waals surface area contributed by atoms with Gasteiger partial charge >= 0.3 is 37.9 Å². The van der Waals surface area contributed by atoms with Gasteiger partial charge in [-0.2, -0.15) is 6.07 Å². The van der Waals surface area contributed by atoms with Crippen LogP contribution in [0.5, 0.6) is 0 Å². The van der Waals surface area contributed by atoms with Crippen molar-refractivity contribution in [2.45, 2.75) is 52.9 Å². The van der Waals surface area contributed by atoms with Gasteiger partial charge in [-0.05, 0) is 29.9 Å². The van der Waals surface area contributed by atoms with E-state index in [0.717, 1.165) is 12.8 Å². The van der Waals surface area contributed by atoms with Gasteiger partial charge in [-0.1, -0.05) is 69.5 Å². The van der Waals surface area contributed by atoms with Crippen LogP contribution < -0.4 is 0 Å². The molecule has 0 spiro atoms. The van der Waals surface area contributed by atoms with Gasteiger partial charge < -0.3 is 0 Å². The molecule has 3 rings (SSSR count). The van der Waals surface area contributed by atoms with E-state index in [1.807, 2.05) is 0 Å². The molecule has 0 saturated carbocycles. The number of rotatable bonds is 5. The summed E-state index contributed by atoms with van der Waals surface area (Å²) in [4.78, 5) is 0. The SMILES string of the molecule is CCCc1ccc2[cH-]c(C(C)C)cc2c1-c1ccccc1CC.[Cl][Zr][Cl]. The zero-order chi connectivity index (χ0) is 19.1. The van der Waals surface area contributed by atoms with Crippen molar-refractivity contribution in [3.05, 3.63) is 65.2 Å². The van der Waals surface area contributed by atoms with E-state index in [4.69, 9.17) is 17.0 Å². The number of hydrogen-bond acceptors (Lipinski definition) is 0. The van der Waals surface area contributed by atoms with E-state index in [-0.39, 0.29) is 0 Å². The third-order valence-electron chi connectivity index (χ3n) is 4.85. The molecule has 3 aromatic rings. The molecular weight excluding hydrogens is 438 g/mol. The number of fused-ring (bicyclic) bond motifs is 1. The molecule has 138 valence electrons. The van der Waals surface area contributed by atoms with Gasteiger partial charge in [0.25, 0.3) is 0 Å². The van der Waals surface area contributed by atoms with E-state index in [1.165, 1.54) is 45.0 Å². The van der Waals surface area contributed by atoms with Gasteiger partial charge in [0.1, 0.15) is 0 Å². The molecule has 0 radical (unpaired) electrons. The van der Waals surface area contributed by atoms with Gasteiger partial charge in [-0.15, -0.1) is 34.5 Å². The Morgan fingerprint density at radius 3 is 2.31 bits per heavy atom. The first kappa shape index (κ1) is 21.8. The summed E-state index contributed by atoms with van der Waals surface area (Å²) in [5.74, 6) is 0.575. The number of hydrogen-bond donors (Lipinski definition) is 0. The van der Waals surface area contributed by atoms with Crippen LogP contribution in [0.3, 0.4) is 0 Å². The fourth-order valence-corrected chi connectivity index (χ4v) is 3.55. The second kappa shape index (κ2) is 10.7. The van der Waals surface area contributed by atoms with Crippen LogP contribution in [0.25, 0.3) is 21.9 Å². The maximum atomic E-state index is 4.93. The first-order chi connectivity index (χ1) is 12.6. The zero-order valence-electron chi connectivity index (χ0n) is 16.1. The number of benzene rings is 2. The van der Waals surface area contributed by atoms with E-state index in [0.29, 0.717) is 5.92 Å². The number of halogens is 2. The van der Waals surface area contributed by atoms with Gasteiger partial charge in [0.05, 0.1) is 0 Å². The Morgan fingerprint density at radius 2 is 1.69 bits per heavy atom. The molecule has 0 bridgehead atoms. The second-order valence-corrected chi connectivity index (χ2v) is 10.6. The molecule has 0 atom stereocenters. The van der Waals surface area contributed by atoms with Crippen molar-refractivity contribution >= 4 is 27.8 Å². The van der Waals surface area contributed by atoms with Crippen LogP contribution >= 0.6 is 17.0 Å². The number of aryl methyl sites for hydroxylation is 2. The Kier molecular flexibility index (Phi) is 9.01. The van der Waals surface area contributed by atoms with Crippen molar-refractivity contribution in [1.29, 1.82) is 0 Å². The van der Waals surface area contributed by atoms with E-state index in [9.17, 15) is 0 Å². The fraction of sp³-hybridized carbons (Fsp3) is 0.348. The first-order valence-corrected chi connectivity index (χ1v) is 15.7. The van der Waals surface area contributed by atoms with E-state index >= 15 is 0 Å². The molecule has 26 heavy (non-hydrogen) atoms. The maximum absolute atomic E-state index is 4.93. The molecule has 0 saturated heterocycles. The fourth-order valence-electron chi connectivity index (χ4n) is 3.55. The molecule has 0 heterocycles. The van der Waals surface area contributed by atoms with Gasteiger partial charge in [-0.3, -0.25) is 0 Å². The minimum absolute atomic E-state index is 0.575. The molecule has 3 aromatic carbocycles. The van der Waals surface area contributed by atoms with Crippen LogP contribution in [0.2, 0.25) is 0 Å². The van der Waals surface area contributed by atoms with Crippen molar-refractivity contribution in [3.8, 4) is 11.1 Å². The third-order valence-corrected chi connectivity index (χ3v) is 4.85. The van der Waals surface area contributed by atoms with Crippen LogP contribution in [0.1, 0.15) is 56.7 Å². The van der Waals surface area contributed by atoms with Gasteiger partial charge in [0.2, 0.25) is 0 Å². The Hall–Kier alpha value is -0.487. The average molecular weight is 466 g/mol. The Balaban J connectivity index is 0.000000758. The normalized spacial score (nSPS) is 10.7. The molecule has 0 aliphatic carbocycles. The molecule has 0 aromatic heterocycles. The van der Waals surface area contributed by atoms with Crippen molar-refractivity contribution in [2.75, 3.05) is 0 Å². The molecule has 0 aliphatic heterocycles. The molecule has 0 aliphatic rings. The Bertz CT molecular complexity index is 833. The summed E-state index contributed by atoms with van der Waals surface area (Å²) in [5.41, 5.74) is 7.27. The summed E-state index contributed by atoms with van der Waals surface area (Å²) in [6.45, 7) is 9.08. The molecule has 3 heteroatoms. The molecule has 0 fully saturated rings. The minimum atomic E-state index is -0.826. The van der Waals surface area contributed by atoms with Crippen LogP contribution in [0, 0.1) is 0 Å². The average Bonchev–Trinajstić information content (AvgIpc) is 3.07. The van der Waals surface area contributed by atoms with E-state index in [2.05, 4.69) is 76.2 Å². The molecular formula is C23H27Cl2Zr-. The Morgan fingerprint density at radius 1 is 1.00 bits per heavy atom. The van der Waals surface area contributed by atoms with E-state index in [1.54, 1.807) is 0 Å². The molecule has 0 nitrogen and oxygen atoms in total. The van der Waals surface area contributed by atoms with Crippen LogP contribution in [-0.4, -0.2) is 0 Å². The van der Waals surface area contributed by atoms with E-state index < -0.39 is 20.8 Å². The molecule has 0 N–H and O–H groups in total. The summed E-state index contributed by atoms with van der Waals surface area (Å²) in [6.07, 6.45) is 3.41. The monoisotopic (exact) mass is 463 g/mol. The van der Waals surface area contributed by atoms with Crippen molar-refractivity contribution in [1.82, 2.24) is 0 Å². The molecule has 0 unspecified atom stereocenters. The standard InChI is InChI=1S/C23H27.2ClH.Zr/c1-5-9-18-12-13-19-14-20(16(3)4)15-22(19)23(18)21-11-8-7-10-17(21)6-2;;;/h7-8,10-16H,5-6,9H2,1-4H3;2*1H;/q-1;;;+2/p-2. The topological polar surface area (TPSA) is 0 Å². The van der Waals surface area contributed by atoms with Crippen molar-refractivity contribution < 1.29 is 20.8 Å². The van der Waals surface area contributed by atoms with Gasteiger partial charge in [0.15, 0.2) is 0 Å². The van der Waals surface area contributed by atoms with Gasteiger partial charge in [0, 0.05) is 0 Å². The van der Waals surface area contributed by atoms with Crippen molar-refractivity contribution in [3.63, 3.8) is 0 Å². The second-order valence-electron chi connectivity index (χ2n) is 6.88. The molecule has 0 amide bonds. The van der Waals surface area contributed by atoms with Crippen LogP contribution in [0.4, 0.5) is 0 Å². The summed E-state index contributed by atoms with van der Waals surface area (Å²) >= 11 is -0.826. The zero-order valence-corrected chi connectivity index (χ0v) is 20.0.